The first-order chi connectivity index (χ1) is 8.15. The highest BCUT2D eigenvalue weighted by atomic mass is 32.2. The molecular weight excluding hydrogens is 237 g/mol. The smallest absolute Gasteiger partial charge is 0.123 e. The third kappa shape index (κ3) is 3.61. The Bertz CT molecular complexity index is 400. The number of rotatable bonds is 3. The number of halogens is 1. The van der Waals surface area contributed by atoms with Gasteiger partial charge in [0.1, 0.15) is 5.82 Å². The second kappa shape index (κ2) is 5.74. The van der Waals surface area contributed by atoms with Crippen molar-refractivity contribution in [1.82, 2.24) is 5.32 Å². The van der Waals surface area contributed by atoms with Gasteiger partial charge in [0.2, 0.25) is 0 Å². The average molecular weight is 255 g/mol. The van der Waals surface area contributed by atoms with Crippen LogP contribution in [0.2, 0.25) is 0 Å². The van der Waals surface area contributed by atoms with Crippen molar-refractivity contribution in [1.29, 1.82) is 0 Å². The van der Waals surface area contributed by atoms with Crippen LogP contribution in [-0.4, -0.2) is 21.8 Å². The van der Waals surface area contributed by atoms with Crippen LogP contribution in [0, 0.1) is 5.82 Å². The summed E-state index contributed by atoms with van der Waals surface area (Å²) >= 11 is 0. The van der Waals surface area contributed by atoms with Gasteiger partial charge in [0.05, 0.1) is 0 Å². The molecule has 1 aliphatic rings. The van der Waals surface area contributed by atoms with Crippen LogP contribution in [0.3, 0.4) is 0 Å². The molecule has 0 aliphatic carbocycles. The van der Waals surface area contributed by atoms with Crippen molar-refractivity contribution >= 4 is 10.8 Å². The van der Waals surface area contributed by atoms with Crippen molar-refractivity contribution in [2.75, 3.05) is 11.5 Å². The maximum Gasteiger partial charge on any atom is 0.123 e. The van der Waals surface area contributed by atoms with Gasteiger partial charge >= 0.3 is 0 Å². The molecule has 94 valence electrons. The van der Waals surface area contributed by atoms with Crippen LogP contribution in [0.15, 0.2) is 24.3 Å². The van der Waals surface area contributed by atoms with Gasteiger partial charge in [0, 0.05) is 34.4 Å². The lowest BCUT2D eigenvalue weighted by molar-refractivity contribution is 0.426. The van der Waals surface area contributed by atoms with E-state index in [-0.39, 0.29) is 11.9 Å². The van der Waals surface area contributed by atoms with Gasteiger partial charge in [0.25, 0.3) is 0 Å². The molecule has 0 radical (unpaired) electrons. The first kappa shape index (κ1) is 12.7. The lowest BCUT2D eigenvalue weighted by Gasteiger charge is -2.26. The second-order valence-corrected chi connectivity index (χ2v) is 6.26. The van der Waals surface area contributed by atoms with E-state index in [9.17, 15) is 8.60 Å². The predicted octanol–water partition coefficient (Wildman–Crippen LogP) is 2.39. The van der Waals surface area contributed by atoms with Gasteiger partial charge in [-0.2, -0.15) is 0 Å². The molecule has 1 aromatic rings. The predicted molar refractivity (Wildman–Crippen MR) is 68.8 cm³/mol. The Morgan fingerprint density at radius 1 is 1.41 bits per heavy atom. The number of hydrogen-bond donors (Lipinski definition) is 1. The van der Waals surface area contributed by atoms with E-state index in [0.717, 1.165) is 29.9 Å². The minimum absolute atomic E-state index is 0.141. The highest BCUT2D eigenvalue weighted by Gasteiger charge is 2.19. The minimum Gasteiger partial charge on any atom is -0.307 e. The molecule has 2 rings (SSSR count). The molecule has 2 nitrogen and oxygen atoms in total. The molecular formula is C13H18FNOS. The molecule has 1 unspecified atom stereocenters. The van der Waals surface area contributed by atoms with Crippen LogP contribution in [-0.2, 0) is 10.8 Å². The third-order valence-electron chi connectivity index (χ3n) is 3.22. The van der Waals surface area contributed by atoms with E-state index in [1.165, 1.54) is 6.07 Å². The standard InChI is InChI=1S/C13H18FNOS/c1-10(11-3-2-4-12(14)9-11)15-13-5-7-17(16)8-6-13/h2-4,9-10,13,15H,5-8H2,1H3. The van der Waals surface area contributed by atoms with Gasteiger partial charge in [-0.3, -0.25) is 4.21 Å². The van der Waals surface area contributed by atoms with Gasteiger partial charge in [-0.05, 0) is 37.5 Å². The Kier molecular flexibility index (Phi) is 4.29. The fraction of sp³-hybridized carbons (Fsp3) is 0.538. The maximum atomic E-state index is 13.1. The lowest BCUT2D eigenvalue weighted by atomic mass is 10.1. The molecule has 1 heterocycles. The lowest BCUT2D eigenvalue weighted by Crippen LogP contribution is -2.37. The van der Waals surface area contributed by atoms with E-state index < -0.39 is 10.8 Å². The molecule has 0 bridgehead atoms. The van der Waals surface area contributed by atoms with Crippen molar-refractivity contribution in [3.63, 3.8) is 0 Å². The van der Waals surface area contributed by atoms with Crippen LogP contribution >= 0.6 is 0 Å². The minimum atomic E-state index is -0.624. The summed E-state index contributed by atoms with van der Waals surface area (Å²) in [6, 6.07) is 7.24. The van der Waals surface area contributed by atoms with E-state index in [4.69, 9.17) is 0 Å². The van der Waals surface area contributed by atoms with E-state index >= 15 is 0 Å². The summed E-state index contributed by atoms with van der Waals surface area (Å²) in [6.07, 6.45) is 1.90. The molecule has 0 aromatic heterocycles. The quantitative estimate of drug-likeness (QED) is 0.898. The molecule has 0 spiro atoms. The monoisotopic (exact) mass is 255 g/mol. The van der Waals surface area contributed by atoms with Crippen molar-refractivity contribution < 1.29 is 8.60 Å². The van der Waals surface area contributed by atoms with Crippen molar-refractivity contribution in [2.24, 2.45) is 0 Å². The first-order valence-corrected chi connectivity index (χ1v) is 7.50. The zero-order valence-corrected chi connectivity index (χ0v) is 10.8. The van der Waals surface area contributed by atoms with E-state index in [1.807, 2.05) is 13.0 Å². The van der Waals surface area contributed by atoms with Crippen LogP contribution in [0.25, 0.3) is 0 Å². The molecule has 17 heavy (non-hydrogen) atoms. The fourth-order valence-electron chi connectivity index (χ4n) is 2.19. The summed E-state index contributed by atoms with van der Waals surface area (Å²) in [4.78, 5) is 0. The van der Waals surface area contributed by atoms with Gasteiger partial charge in [0.15, 0.2) is 0 Å². The topological polar surface area (TPSA) is 29.1 Å². The van der Waals surface area contributed by atoms with Gasteiger partial charge < -0.3 is 5.32 Å². The Balaban J connectivity index is 1.92. The summed E-state index contributed by atoms with van der Waals surface area (Å²) < 4.78 is 24.3. The van der Waals surface area contributed by atoms with Crippen LogP contribution in [0.4, 0.5) is 4.39 Å². The van der Waals surface area contributed by atoms with E-state index in [2.05, 4.69) is 5.32 Å². The Morgan fingerprint density at radius 3 is 2.76 bits per heavy atom. The Labute approximate surface area is 104 Å². The molecule has 1 aliphatic heterocycles. The SMILES string of the molecule is CC(NC1CCS(=O)CC1)c1cccc(F)c1. The molecule has 0 amide bonds. The molecule has 0 saturated carbocycles. The highest BCUT2D eigenvalue weighted by Crippen LogP contribution is 2.17. The number of benzene rings is 1. The van der Waals surface area contributed by atoms with E-state index in [0.29, 0.717) is 6.04 Å². The second-order valence-electron chi connectivity index (χ2n) is 4.57. The average Bonchev–Trinajstić information content (AvgIpc) is 2.32. The fourth-order valence-corrected chi connectivity index (χ4v) is 3.49. The molecule has 1 fully saturated rings. The first-order valence-electron chi connectivity index (χ1n) is 6.01. The third-order valence-corrected chi connectivity index (χ3v) is 4.60. The van der Waals surface area contributed by atoms with Gasteiger partial charge in [-0.15, -0.1) is 0 Å². The van der Waals surface area contributed by atoms with Crippen LogP contribution < -0.4 is 5.32 Å². The molecule has 1 saturated heterocycles. The number of hydrogen-bond acceptors (Lipinski definition) is 2. The summed E-state index contributed by atoms with van der Waals surface area (Å²) in [5, 5.41) is 3.48. The Hall–Kier alpha value is -0.740. The van der Waals surface area contributed by atoms with Gasteiger partial charge in [-0.25, -0.2) is 4.39 Å². The normalized spacial score (nSPS) is 26.7. The zero-order chi connectivity index (χ0) is 12.3. The van der Waals surface area contributed by atoms with Gasteiger partial charge in [-0.1, -0.05) is 12.1 Å². The maximum absolute atomic E-state index is 13.1. The molecule has 1 atom stereocenters. The largest absolute Gasteiger partial charge is 0.307 e. The van der Waals surface area contributed by atoms with Crippen molar-refractivity contribution in [2.45, 2.75) is 31.8 Å². The molecule has 1 N–H and O–H groups in total. The molecule has 1 aromatic carbocycles. The molecule has 4 heteroatoms. The summed E-state index contributed by atoms with van der Waals surface area (Å²) in [7, 11) is -0.624. The summed E-state index contributed by atoms with van der Waals surface area (Å²) in [5.41, 5.74) is 0.969. The Morgan fingerprint density at radius 2 is 2.12 bits per heavy atom. The zero-order valence-electron chi connectivity index (χ0n) is 9.99. The summed E-state index contributed by atoms with van der Waals surface area (Å²) in [6.45, 7) is 2.04. The van der Waals surface area contributed by atoms with Crippen molar-refractivity contribution in [3.05, 3.63) is 35.6 Å². The van der Waals surface area contributed by atoms with Crippen LogP contribution in [0.1, 0.15) is 31.4 Å². The highest BCUT2D eigenvalue weighted by molar-refractivity contribution is 7.85. The number of nitrogens with one attached hydrogen (secondary N) is 1. The van der Waals surface area contributed by atoms with Crippen LogP contribution in [0.5, 0.6) is 0 Å². The summed E-state index contributed by atoms with van der Waals surface area (Å²) in [5.74, 6) is 1.38. The van der Waals surface area contributed by atoms with E-state index in [1.54, 1.807) is 12.1 Å². The van der Waals surface area contributed by atoms with Crippen molar-refractivity contribution in [3.8, 4) is 0 Å².